The van der Waals surface area contributed by atoms with Crippen molar-refractivity contribution in [2.45, 2.75) is 20.8 Å². The van der Waals surface area contributed by atoms with Gasteiger partial charge in [-0.15, -0.1) is 0 Å². The van der Waals surface area contributed by atoms with Gasteiger partial charge in [-0.3, -0.25) is 4.79 Å². The fraction of sp³-hybridized carbons (Fsp3) is 0.263. The average Bonchev–Trinajstić information content (AvgIpc) is 2.53. The van der Waals surface area contributed by atoms with E-state index in [1.165, 1.54) is 0 Å². The molecule has 0 aromatic heterocycles. The van der Waals surface area contributed by atoms with Crippen LogP contribution in [0.15, 0.2) is 36.4 Å². The molecule has 4 nitrogen and oxygen atoms in total. The van der Waals surface area contributed by atoms with Crippen LogP contribution in [-0.2, 0) is 9.53 Å². The number of halogens is 1. The highest BCUT2D eigenvalue weighted by molar-refractivity contribution is 6.35. The molecule has 0 aliphatic carbocycles. The topological polar surface area (TPSA) is 52.6 Å². The molecule has 0 fully saturated rings. The Hall–Kier alpha value is -2.33. The summed E-state index contributed by atoms with van der Waals surface area (Å²) < 4.78 is 10.4. The highest BCUT2D eigenvalue weighted by Crippen LogP contribution is 2.29. The number of carbonyl (C=O) groups is 2. The van der Waals surface area contributed by atoms with Gasteiger partial charge in [-0.05, 0) is 50.1 Å². The van der Waals surface area contributed by atoms with Crippen LogP contribution in [0, 0.1) is 13.8 Å². The number of hydrogen-bond acceptors (Lipinski definition) is 4. The lowest BCUT2D eigenvalue weighted by Crippen LogP contribution is -2.17. The van der Waals surface area contributed by atoms with Gasteiger partial charge in [0.05, 0.1) is 17.2 Å². The maximum atomic E-state index is 12.9. The van der Waals surface area contributed by atoms with Gasteiger partial charge in [-0.1, -0.05) is 29.8 Å². The minimum Gasteiger partial charge on any atom is -0.481 e. The third-order valence-electron chi connectivity index (χ3n) is 3.42. The first kappa shape index (κ1) is 18.0. The van der Waals surface area contributed by atoms with Gasteiger partial charge in [-0.25, -0.2) is 4.79 Å². The first-order chi connectivity index (χ1) is 11.4. The zero-order chi connectivity index (χ0) is 17.7. The quantitative estimate of drug-likeness (QED) is 0.583. The number of carbonyl (C=O) groups excluding carboxylic acids is 2. The summed E-state index contributed by atoms with van der Waals surface area (Å²) in [7, 11) is 0. The summed E-state index contributed by atoms with van der Waals surface area (Å²) in [6, 6.07) is 10.5. The third-order valence-corrected chi connectivity index (χ3v) is 3.75. The van der Waals surface area contributed by atoms with Crippen molar-refractivity contribution in [3.05, 3.63) is 63.7 Å². The van der Waals surface area contributed by atoms with Crippen LogP contribution in [0.5, 0.6) is 5.75 Å². The monoisotopic (exact) mass is 346 g/mol. The Morgan fingerprint density at radius 2 is 1.79 bits per heavy atom. The van der Waals surface area contributed by atoms with Crippen molar-refractivity contribution in [2.75, 3.05) is 13.2 Å². The second-order valence-electron chi connectivity index (χ2n) is 5.36. The van der Waals surface area contributed by atoms with Crippen LogP contribution in [0.25, 0.3) is 0 Å². The first-order valence-electron chi connectivity index (χ1n) is 7.63. The van der Waals surface area contributed by atoms with Crippen molar-refractivity contribution in [2.24, 2.45) is 0 Å². The van der Waals surface area contributed by atoms with Crippen molar-refractivity contribution < 1.29 is 19.1 Å². The molecule has 2 rings (SSSR count). The van der Waals surface area contributed by atoms with Gasteiger partial charge in [0.2, 0.25) is 0 Å². The molecule has 0 N–H and O–H groups in total. The normalized spacial score (nSPS) is 10.3. The highest BCUT2D eigenvalue weighted by Gasteiger charge is 2.20. The predicted molar refractivity (Wildman–Crippen MR) is 92.9 cm³/mol. The zero-order valence-electron chi connectivity index (χ0n) is 13.9. The summed E-state index contributed by atoms with van der Waals surface area (Å²) >= 11 is 6.13. The average molecular weight is 347 g/mol. The molecule has 126 valence electrons. The van der Waals surface area contributed by atoms with Gasteiger partial charge in [0.25, 0.3) is 0 Å². The molecule has 0 heterocycles. The molecule has 0 bridgehead atoms. The highest BCUT2D eigenvalue weighted by atomic mass is 35.5. The Kier molecular flexibility index (Phi) is 5.99. The molecule has 0 aliphatic heterocycles. The SMILES string of the molecule is CCOC(=O)COc1c(C)cc(C)cc1C(=O)c1ccccc1Cl. The summed E-state index contributed by atoms with van der Waals surface area (Å²) in [5, 5.41) is 0.373. The van der Waals surface area contributed by atoms with E-state index in [0.717, 1.165) is 11.1 Å². The Morgan fingerprint density at radius 3 is 2.46 bits per heavy atom. The predicted octanol–water partition coefficient (Wildman–Crippen LogP) is 4.13. The van der Waals surface area contributed by atoms with Crippen LogP contribution < -0.4 is 4.74 Å². The van der Waals surface area contributed by atoms with Crippen LogP contribution in [0.2, 0.25) is 5.02 Å². The lowest BCUT2D eigenvalue weighted by molar-refractivity contribution is -0.145. The van der Waals surface area contributed by atoms with Crippen LogP contribution in [-0.4, -0.2) is 25.0 Å². The molecule has 0 unspecified atom stereocenters. The van der Waals surface area contributed by atoms with Gasteiger partial charge < -0.3 is 9.47 Å². The molecule has 0 atom stereocenters. The van der Waals surface area contributed by atoms with Gasteiger partial charge >= 0.3 is 5.97 Å². The van der Waals surface area contributed by atoms with Crippen molar-refractivity contribution in [1.82, 2.24) is 0 Å². The molecular formula is C19H19ClO4. The van der Waals surface area contributed by atoms with Crippen molar-refractivity contribution >= 4 is 23.4 Å². The van der Waals surface area contributed by atoms with Crippen LogP contribution in [0.4, 0.5) is 0 Å². The molecular weight excluding hydrogens is 328 g/mol. The van der Waals surface area contributed by atoms with Crippen molar-refractivity contribution in [3.8, 4) is 5.75 Å². The van der Waals surface area contributed by atoms with Gasteiger partial charge in [-0.2, -0.15) is 0 Å². The van der Waals surface area contributed by atoms with E-state index in [0.29, 0.717) is 21.9 Å². The smallest absolute Gasteiger partial charge is 0.344 e. The molecule has 0 spiro atoms. The fourth-order valence-electron chi connectivity index (χ4n) is 2.44. The van der Waals surface area contributed by atoms with Crippen LogP contribution in [0.3, 0.4) is 0 Å². The second-order valence-corrected chi connectivity index (χ2v) is 5.77. The van der Waals surface area contributed by atoms with E-state index in [1.807, 2.05) is 19.9 Å². The Bertz CT molecular complexity index is 768. The summed E-state index contributed by atoms with van der Waals surface area (Å²) in [5.74, 6) is -0.349. The molecule has 0 saturated heterocycles. The minimum absolute atomic E-state index is 0.244. The molecule has 0 radical (unpaired) electrons. The Labute approximate surface area is 146 Å². The number of aryl methyl sites for hydroxylation is 2. The van der Waals surface area contributed by atoms with E-state index < -0.39 is 5.97 Å². The summed E-state index contributed by atoms with van der Waals surface area (Å²) in [5.41, 5.74) is 2.47. The fourth-order valence-corrected chi connectivity index (χ4v) is 2.66. The standard InChI is InChI=1S/C19H19ClO4/c1-4-23-17(21)11-24-19-13(3)9-12(2)10-15(19)18(22)14-7-5-6-8-16(14)20/h5-10H,4,11H2,1-3H3. The van der Waals surface area contributed by atoms with E-state index >= 15 is 0 Å². The van der Waals surface area contributed by atoms with Crippen molar-refractivity contribution in [1.29, 1.82) is 0 Å². The minimum atomic E-state index is -0.478. The maximum Gasteiger partial charge on any atom is 0.344 e. The molecule has 0 amide bonds. The van der Waals surface area contributed by atoms with Gasteiger partial charge in [0.15, 0.2) is 12.4 Å². The van der Waals surface area contributed by atoms with E-state index in [1.54, 1.807) is 37.3 Å². The lowest BCUT2D eigenvalue weighted by Gasteiger charge is -2.15. The van der Waals surface area contributed by atoms with Crippen LogP contribution >= 0.6 is 11.6 Å². The van der Waals surface area contributed by atoms with Crippen LogP contribution in [0.1, 0.15) is 34.0 Å². The van der Waals surface area contributed by atoms with Gasteiger partial charge in [0, 0.05) is 5.56 Å². The second kappa shape index (κ2) is 7.97. The van der Waals surface area contributed by atoms with Gasteiger partial charge in [0.1, 0.15) is 5.75 Å². The number of benzene rings is 2. The van der Waals surface area contributed by atoms with Crippen molar-refractivity contribution in [3.63, 3.8) is 0 Å². The maximum absolute atomic E-state index is 12.9. The molecule has 5 heteroatoms. The molecule has 0 aliphatic rings. The molecule has 0 saturated carbocycles. The molecule has 24 heavy (non-hydrogen) atoms. The number of hydrogen-bond donors (Lipinski definition) is 0. The molecule has 2 aromatic carbocycles. The van der Waals surface area contributed by atoms with E-state index in [2.05, 4.69) is 0 Å². The zero-order valence-corrected chi connectivity index (χ0v) is 14.6. The number of ether oxygens (including phenoxy) is 2. The number of ketones is 1. The lowest BCUT2D eigenvalue weighted by atomic mass is 9.98. The number of rotatable bonds is 6. The van der Waals surface area contributed by atoms with E-state index in [4.69, 9.17) is 21.1 Å². The molecule has 2 aromatic rings. The Morgan fingerprint density at radius 1 is 1.08 bits per heavy atom. The Balaban J connectivity index is 2.40. The summed E-state index contributed by atoms with van der Waals surface area (Å²) in [4.78, 5) is 24.4. The number of esters is 1. The summed E-state index contributed by atoms with van der Waals surface area (Å²) in [6.45, 7) is 5.48. The summed E-state index contributed by atoms with van der Waals surface area (Å²) in [6.07, 6.45) is 0. The first-order valence-corrected chi connectivity index (χ1v) is 8.00. The van der Waals surface area contributed by atoms with E-state index in [9.17, 15) is 9.59 Å². The largest absolute Gasteiger partial charge is 0.481 e. The third kappa shape index (κ3) is 4.15. The van der Waals surface area contributed by atoms with E-state index in [-0.39, 0.29) is 19.0 Å².